The molecule has 0 spiro atoms. The minimum atomic E-state index is 0.621. The Morgan fingerprint density at radius 2 is 1.91 bits per heavy atom. The molecule has 0 radical (unpaired) electrons. The third-order valence-corrected chi connectivity index (χ3v) is 2.57. The summed E-state index contributed by atoms with van der Waals surface area (Å²) in [6, 6.07) is 0.621. The molecule has 0 aromatic rings. The van der Waals surface area contributed by atoms with Gasteiger partial charge in [0, 0.05) is 0 Å². The molecule has 0 bridgehead atoms. The van der Waals surface area contributed by atoms with Crippen molar-refractivity contribution in [1.82, 2.24) is 10.7 Å². The van der Waals surface area contributed by atoms with E-state index in [0.29, 0.717) is 6.04 Å². The number of rotatable bonds is 3. The van der Waals surface area contributed by atoms with Crippen molar-refractivity contribution in [2.24, 2.45) is 5.84 Å². The maximum absolute atomic E-state index is 5.21. The fourth-order valence-corrected chi connectivity index (χ4v) is 1.82. The van der Waals surface area contributed by atoms with Crippen LogP contribution < -0.4 is 16.6 Å². The zero-order chi connectivity index (χ0) is 8.10. The van der Waals surface area contributed by atoms with Gasteiger partial charge < -0.3 is 0 Å². The molecule has 0 amide bonds. The Labute approximate surface area is 75.4 Å². The Morgan fingerprint density at radius 3 is 2.45 bits per heavy atom. The van der Waals surface area contributed by atoms with Crippen molar-refractivity contribution in [3.8, 4) is 0 Å². The van der Waals surface area contributed by atoms with Crippen molar-refractivity contribution in [3.63, 3.8) is 0 Å². The third kappa shape index (κ3) is 3.23. The van der Waals surface area contributed by atoms with Crippen molar-refractivity contribution in [1.29, 1.82) is 0 Å². The van der Waals surface area contributed by atoms with Crippen LogP contribution in [0.4, 0.5) is 0 Å². The van der Waals surface area contributed by atoms with E-state index in [-0.39, 0.29) is 0 Å². The summed E-state index contributed by atoms with van der Waals surface area (Å²) in [6.45, 7) is 0. The number of nitrogens with two attached hydrogens (primary N) is 1. The molecule has 0 heterocycles. The summed E-state index contributed by atoms with van der Waals surface area (Å²) in [5, 5.41) is 3.29. The van der Waals surface area contributed by atoms with E-state index in [0.717, 1.165) is 4.67 Å². The fraction of sp³-hybridized carbons (Fsp3) is 0.857. The molecule has 3 nitrogen and oxygen atoms in total. The average Bonchev–Trinajstić information content (AvgIpc) is 2.06. The Bertz CT molecular complexity index is 132. The first-order valence-electron chi connectivity index (χ1n) is 4.10. The zero-order valence-corrected chi connectivity index (χ0v) is 8.31. The standard InChI is InChI=1S/C7H15N3Se/c8-10-7(11)9-6-4-2-1-3-5-6/h6H,1-5,8H2,(H2,9,10,11). The predicted octanol–water partition coefficient (Wildman–Crippen LogP) is -0.372. The molecule has 0 aromatic carbocycles. The first-order chi connectivity index (χ1) is 5.33. The summed E-state index contributed by atoms with van der Waals surface area (Å²) >= 11 is 2.84. The number of hydrogen-bond donors (Lipinski definition) is 3. The molecule has 0 aromatic heterocycles. The molecule has 0 unspecified atom stereocenters. The van der Waals surface area contributed by atoms with Gasteiger partial charge in [-0.2, -0.15) is 0 Å². The second kappa shape index (κ2) is 4.75. The van der Waals surface area contributed by atoms with E-state index in [2.05, 4.69) is 26.3 Å². The van der Waals surface area contributed by atoms with Gasteiger partial charge in [0.1, 0.15) is 0 Å². The van der Waals surface area contributed by atoms with Gasteiger partial charge in [0.2, 0.25) is 0 Å². The van der Waals surface area contributed by atoms with Crippen LogP contribution in [0.3, 0.4) is 0 Å². The Morgan fingerprint density at radius 1 is 1.27 bits per heavy atom. The molecule has 1 rings (SSSR count). The number of nitrogens with one attached hydrogen (secondary N) is 2. The normalized spacial score (nSPS) is 19.4. The first-order valence-corrected chi connectivity index (χ1v) is 4.95. The fourth-order valence-electron chi connectivity index (χ4n) is 1.47. The second-order valence-corrected chi connectivity index (χ2v) is 3.81. The molecule has 1 aliphatic carbocycles. The van der Waals surface area contributed by atoms with Crippen LogP contribution in [0.25, 0.3) is 0 Å². The van der Waals surface area contributed by atoms with Gasteiger partial charge in [-0.3, -0.25) is 0 Å². The van der Waals surface area contributed by atoms with Gasteiger partial charge >= 0.3 is 75.0 Å². The van der Waals surface area contributed by atoms with Crippen molar-refractivity contribution in [2.45, 2.75) is 38.1 Å². The second-order valence-electron chi connectivity index (χ2n) is 2.95. The van der Waals surface area contributed by atoms with Crippen LogP contribution >= 0.6 is 0 Å². The van der Waals surface area contributed by atoms with E-state index >= 15 is 0 Å². The molecule has 1 fully saturated rings. The van der Waals surface area contributed by atoms with Crippen molar-refractivity contribution in [3.05, 3.63) is 0 Å². The molecular weight excluding hydrogens is 205 g/mol. The summed E-state index contributed by atoms with van der Waals surface area (Å²) in [4.78, 5) is 0. The van der Waals surface area contributed by atoms with Gasteiger partial charge in [0.05, 0.1) is 0 Å². The van der Waals surface area contributed by atoms with Crippen molar-refractivity contribution in [2.75, 3.05) is 0 Å². The minimum absolute atomic E-state index is 0.621. The quantitative estimate of drug-likeness (QED) is 0.345. The number of hydrazine groups is 1. The van der Waals surface area contributed by atoms with Gasteiger partial charge in [-0.15, -0.1) is 0 Å². The third-order valence-electron chi connectivity index (χ3n) is 2.07. The molecule has 11 heavy (non-hydrogen) atoms. The summed E-state index contributed by atoms with van der Waals surface area (Å²) < 4.78 is 0.858. The molecule has 4 heteroatoms. The Kier molecular flexibility index (Phi) is 3.91. The molecule has 0 saturated heterocycles. The van der Waals surface area contributed by atoms with Gasteiger partial charge in [0.15, 0.2) is 0 Å². The van der Waals surface area contributed by atoms with E-state index in [1.54, 1.807) is 0 Å². The SMILES string of the molecule is NNC(=[Se])NC1CCCCC1. The summed E-state index contributed by atoms with van der Waals surface area (Å²) in [6.07, 6.45) is 6.61. The van der Waals surface area contributed by atoms with E-state index in [1.165, 1.54) is 32.1 Å². The maximum atomic E-state index is 5.21. The molecule has 4 N–H and O–H groups in total. The predicted molar refractivity (Wildman–Crippen MR) is 48.1 cm³/mol. The summed E-state index contributed by atoms with van der Waals surface area (Å²) in [5.41, 5.74) is 2.56. The van der Waals surface area contributed by atoms with Crippen molar-refractivity contribution < 1.29 is 0 Å². The molecule has 0 aliphatic heterocycles. The summed E-state index contributed by atoms with van der Waals surface area (Å²) in [5.74, 6) is 5.21. The Balaban J connectivity index is 2.19. The van der Waals surface area contributed by atoms with Gasteiger partial charge in [-0.1, -0.05) is 0 Å². The van der Waals surface area contributed by atoms with Crippen LogP contribution in [0.1, 0.15) is 32.1 Å². The molecular formula is C7H15N3Se. The molecule has 0 atom stereocenters. The molecule has 64 valence electrons. The Hall–Kier alpha value is -0.0505. The van der Waals surface area contributed by atoms with Crippen LogP contribution in [0.5, 0.6) is 0 Å². The molecule has 1 saturated carbocycles. The zero-order valence-electron chi connectivity index (χ0n) is 6.60. The van der Waals surface area contributed by atoms with Gasteiger partial charge in [0.25, 0.3) is 0 Å². The summed E-state index contributed by atoms with van der Waals surface area (Å²) in [7, 11) is 0. The van der Waals surface area contributed by atoms with E-state index in [4.69, 9.17) is 5.84 Å². The van der Waals surface area contributed by atoms with Crippen LogP contribution in [0.15, 0.2) is 0 Å². The topological polar surface area (TPSA) is 50.1 Å². The monoisotopic (exact) mass is 221 g/mol. The van der Waals surface area contributed by atoms with Crippen LogP contribution in [0, 0.1) is 0 Å². The first kappa shape index (κ1) is 9.04. The van der Waals surface area contributed by atoms with Crippen LogP contribution in [-0.4, -0.2) is 26.3 Å². The van der Waals surface area contributed by atoms with Gasteiger partial charge in [-0.05, 0) is 0 Å². The average molecular weight is 220 g/mol. The van der Waals surface area contributed by atoms with E-state index in [1.807, 2.05) is 0 Å². The van der Waals surface area contributed by atoms with Gasteiger partial charge in [-0.25, -0.2) is 0 Å². The van der Waals surface area contributed by atoms with Crippen molar-refractivity contribution >= 4 is 20.2 Å². The molecule has 1 aliphatic rings. The number of hydrogen-bond acceptors (Lipinski definition) is 3. The van der Waals surface area contributed by atoms with Crippen LogP contribution in [-0.2, 0) is 0 Å². The van der Waals surface area contributed by atoms with Crippen LogP contribution in [0.2, 0.25) is 0 Å². The van der Waals surface area contributed by atoms with E-state index < -0.39 is 0 Å². The van der Waals surface area contributed by atoms with E-state index in [9.17, 15) is 0 Å².